The summed E-state index contributed by atoms with van der Waals surface area (Å²) < 4.78 is 16.3. The maximum absolute atomic E-state index is 11.7. The SMILES string of the molecule is OCNCc1ccc(OCF)cc1. The molecule has 2 N–H and O–H groups in total. The molecule has 1 rings (SSSR count). The lowest BCUT2D eigenvalue weighted by molar-refractivity contribution is 0.191. The van der Waals surface area contributed by atoms with Crippen molar-refractivity contribution in [3.05, 3.63) is 29.8 Å². The highest BCUT2D eigenvalue weighted by Crippen LogP contribution is 2.11. The van der Waals surface area contributed by atoms with Crippen molar-refractivity contribution in [3.63, 3.8) is 0 Å². The van der Waals surface area contributed by atoms with Gasteiger partial charge in [-0.2, -0.15) is 0 Å². The molecule has 1 aromatic carbocycles. The molecule has 1 aromatic rings. The van der Waals surface area contributed by atoms with Crippen LogP contribution in [0.3, 0.4) is 0 Å². The van der Waals surface area contributed by atoms with Crippen LogP contribution in [0, 0.1) is 0 Å². The summed E-state index contributed by atoms with van der Waals surface area (Å²) in [5, 5.41) is 11.2. The summed E-state index contributed by atoms with van der Waals surface area (Å²) in [6.07, 6.45) is 0. The molecule has 72 valence electrons. The smallest absolute Gasteiger partial charge is 0.228 e. The number of alkyl halides is 1. The van der Waals surface area contributed by atoms with E-state index in [2.05, 4.69) is 10.1 Å². The topological polar surface area (TPSA) is 41.5 Å². The molecule has 3 nitrogen and oxygen atoms in total. The van der Waals surface area contributed by atoms with E-state index in [1.807, 2.05) is 12.1 Å². The average Bonchev–Trinajstić information content (AvgIpc) is 2.17. The van der Waals surface area contributed by atoms with Gasteiger partial charge < -0.3 is 9.84 Å². The van der Waals surface area contributed by atoms with Crippen molar-refractivity contribution < 1.29 is 14.2 Å². The predicted octanol–water partition coefficient (Wildman–Crippen LogP) is 1.03. The van der Waals surface area contributed by atoms with E-state index in [0.29, 0.717) is 12.3 Å². The molecule has 0 unspecified atom stereocenters. The molecular formula is C9H12FNO2. The van der Waals surface area contributed by atoms with Crippen molar-refractivity contribution in [2.75, 3.05) is 13.6 Å². The maximum Gasteiger partial charge on any atom is 0.228 e. The molecule has 0 aliphatic carbocycles. The minimum atomic E-state index is -0.811. The summed E-state index contributed by atoms with van der Waals surface area (Å²) in [5.74, 6) is 0.509. The Morgan fingerprint density at radius 3 is 2.54 bits per heavy atom. The Balaban J connectivity index is 2.48. The van der Waals surface area contributed by atoms with Crippen LogP contribution in [0.2, 0.25) is 0 Å². The minimum Gasteiger partial charge on any atom is -0.463 e. The Labute approximate surface area is 76.1 Å². The fourth-order valence-electron chi connectivity index (χ4n) is 0.967. The van der Waals surface area contributed by atoms with Gasteiger partial charge in [0.25, 0.3) is 0 Å². The highest BCUT2D eigenvalue weighted by molar-refractivity contribution is 5.27. The van der Waals surface area contributed by atoms with Gasteiger partial charge >= 0.3 is 0 Å². The molecule has 0 aromatic heterocycles. The lowest BCUT2D eigenvalue weighted by atomic mass is 10.2. The first kappa shape index (κ1) is 9.95. The van der Waals surface area contributed by atoms with Crippen LogP contribution in [0.4, 0.5) is 4.39 Å². The van der Waals surface area contributed by atoms with Crippen LogP contribution in [0.1, 0.15) is 5.56 Å². The number of rotatable bonds is 5. The average molecular weight is 185 g/mol. The molecule has 0 aliphatic heterocycles. The highest BCUT2D eigenvalue weighted by Gasteiger charge is 1.94. The van der Waals surface area contributed by atoms with Crippen LogP contribution in [0.5, 0.6) is 5.75 Å². The summed E-state index contributed by atoms with van der Waals surface area (Å²) in [6.45, 7) is -0.274. The second kappa shape index (κ2) is 5.50. The largest absolute Gasteiger partial charge is 0.463 e. The van der Waals surface area contributed by atoms with Crippen molar-refractivity contribution in [3.8, 4) is 5.75 Å². The van der Waals surface area contributed by atoms with Crippen LogP contribution < -0.4 is 10.1 Å². The lowest BCUT2D eigenvalue weighted by Crippen LogP contribution is -2.13. The normalized spacial score (nSPS) is 10.0. The van der Waals surface area contributed by atoms with Crippen LogP contribution in [-0.2, 0) is 6.54 Å². The second-order valence-electron chi connectivity index (χ2n) is 2.48. The highest BCUT2D eigenvalue weighted by atomic mass is 19.1. The molecule has 0 saturated heterocycles. The Morgan fingerprint density at radius 1 is 1.31 bits per heavy atom. The monoisotopic (exact) mass is 185 g/mol. The zero-order valence-electron chi connectivity index (χ0n) is 7.16. The molecule has 0 saturated carbocycles. The van der Waals surface area contributed by atoms with Gasteiger partial charge in [-0.15, -0.1) is 0 Å². The van der Waals surface area contributed by atoms with Gasteiger partial charge in [-0.05, 0) is 17.7 Å². The Kier molecular flexibility index (Phi) is 4.21. The molecule has 0 fully saturated rings. The molecule has 0 bridgehead atoms. The summed E-state index contributed by atoms with van der Waals surface area (Å²) in [5.41, 5.74) is 1.01. The molecule has 0 aliphatic rings. The zero-order chi connectivity index (χ0) is 9.52. The minimum absolute atomic E-state index is 0.0528. The van der Waals surface area contributed by atoms with E-state index in [9.17, 15) is 4.39 Å². The zero-order valence-corrected chi connectivity index (χ0v) is 7.16. The summed E-state index contributed by atoms with van der Waals surface area (Å²) in [6, 6.07) is 7.00. The van der Waals surface area contributed by atoms with E-state index in [1.54, 1.807) is 12.1 Å². The molecular weight excluding hydrogens is 173 g/mol. The van der Waals surface area contributed by atoms with Gasteiger partial charge in [0.05, 0.1) is 6.73 Å². The molecule has 0 atom stereocenters. The van der Waals surface area contributed by atoms with E-state index in [-0.39, 0.29) is 6.73 Å². The third-order valence-electron chi connectivity index (χ3n) is 1.59. The van der Waals surface area contributed by atoms with Crippen molar-refractivity contribution in [2.45, 2.75) is 6.54 Å². The number of hydrogen-bond donors (Lipinski definition) is 2. The van der Waals surface area contributed by atoms with Crippen LogP contribution in [0.15, 0.2) is 24.3 Å². The molecule has 4 heteroatoms. The van der Waals surface area contributed by atoms with Gasteiger partial charge in [0.1, 0.15) is 5.75 Å². The number of ether oxygens (including phenoxy) is 1. The second-order valence-corrected chi connectivity index (χ2v) is 2.48. The van der Waals surface area contributed by atoms with Crippen LogP contribution in [0.25, 0.3) is 0 Å². The Hall–Kier alpha value is -1.13. The first-order valence-electron chi connectivity index (χ1n) is 3.96. The molecule has 0 spiro atoms. The lowest BCUT2D eigenvalue weighted by Gasteiger charge is -2.03. The predicted molar refractivity (Wildman–Crippen MR) is 47.0 cm³/mol. The van der Waals surface area contributed by atoms with Gasteiger partial charge in [-0.3, -0.25) is 5.32 Å². The number of benzene rings is 1. The number of hydrogen-bond acceptors (Lipinski definition) is 3. The van der Waals surface area contributed by atoms with Crippen molar-refractivity contribution in [1.29, 1.82) is 0 Å². The van der Waals surface area contributed by atoms with Gasteiger partial charge in [-0.25, -0.2) is 4.39 Å². The first-order valence-corrected chi connectivity index (χ1v) is 3.96. The first-order chi connectivity index (χ1) is 6.36. The van der Waals surface area contributed by atoms with E-state index in [4.69, 9.17) is 5.11 Å². The van der Waals surface area contributed by atoms with E-state index in [1.165, 1.54) is 0 Å². The quantitative estimate of drug-likeness (QED) is 0.673. The Bertz CT molecular complexity index is 238. The molecule has 13 heavy (non-hydrogen) atoms. The standard InChI is InChI=1S/C9H12FNO2/c10-6-13-9-3-1-8(2-4-9)5-11-7-12/h1-4,11-12H,5-7H2. The fraction of sp³-hybridized carbons (Fsp3) is 0.333. The Morgan fingerprint density at radius 2 is 2.00 bits per heavy atom. The van der Waals surface area contributed by atoms with Gasteiger partial charge in [-0.1, -0.05) is 12.1 Å². The van der Waals surface area contributed by atoms with Gasteiger partial charge in [0, 0.05) is 6.54 Å². The van der Waals surface area contributed by atoms with Crippen LogP contribution in [-0.4, -0.2) is 18.7 Å². The number of halogens is 1. The van der Waals surface area contributed by atoms with E-state index >= 15 is 0 Å². The van der Waals surface area contributed by atoms with Gasteiger partial charge in [0.2, 0.25) is 6.86 Å². The number of nitrogens with one attached hydrogen (secondary N) is 1. The third kappa shape index (κ3) is 3.40. The summed E-state index contributed by atoms with van der Waals surface area (Å²) in [4.78, 5) is 0. The summed E-state index contributed by atoms with van der Waals surface area (Å²) in [7, 11) is 0. The van der Waals surface area contributed by atoms with Crippen LogP contribution >= 0.6 is 0 Å². The molecule has 0 heterocycles. The van der Waals surface area contributed by atoms with Gasteiger partial charge in [0.15, 0.2) is 0 Å². The van der Waals surface area contributed by atoms with Crippen molar-refractivity contribution in [2.24, 2.45) is 0 Å². The maximum atomic E-state index is 11.7. The van der Waals surface area contributed by atoms with E-state index < -0.39 is 6.86 Å². The molecule has 0 amide bonds. The summed E-state index contributed by atoms with van der Waals surface area (Å²) >= 11 is 0. The number of aliphatic hydroxyl groups is 1. The van der Waals surface area contributed by atoms with Crippen molar-refractivity contribution in [1.82, 2.24) is 5.32 Å². The number of aliphatic hydroxyl groups excluding tert-OH is 1. The van der Waals surface area contributed by atoms with E-state index in [0.717, 1.165) is 5.56 Å². The third-order valence-corrected chi connectivity index (χ3v) is 1.59. The molecule has 0 radical (unpaired) electrons. The van der Waals surface area contributed by atoms with Crippen molar-refractivity contribution >= 4 is 0 Å². The fourth-order valence-corrected chi connectivity index (χ4v) is 0.967.